The van der Waals surface area contributed by atoms with E-state index in [1.54, 1.807) is 11.6 Å². The van der Waals surface area contributed by atoms with Crippen molar-refractivity contribution in [3.05, 3.63) is 29.2 Å². The number of fused-ring (bicyclic) bond motifs is 1. The highest BCUT2D eigenvalue weighted by molar-refractivity contribution is 6.05. The van der Waals surface area contributed by atoms with Crippen molar-refractivity contribution in [1.29, 1.82) is 0 Å². The van der Waals surface area contributed by atoms with E-state index in [4.69, 9.17) is 0 Å². The van der Waals surface area contributed by atoms with Crippen LogP contribution in [0, 0.1) is 5.82 Å². The fraction of sp³-hybridized carbons (Fsp3) is 0.400. The summed E-state index contributed by atoms with van der Waals surface area (Å²) in [6.45, 7) is 2.41. The van der Waals surface area contributed by atoms with Gasteiger partial charge in [-0.2, -0.15) is 0 Å². The predicted molar refractivity (Wildman–Crippen MR) is 76.0 cm³/mol. The Kier molecular flexibility index (Phi) is 3.33. The number of phenols is 1. The summed E-state index contributed by atoms with van der Waals surface area (Å²) in [5.74, 6) is -2.32. The van der Waals surface area contributed by atoms with Gasteiger partial charge in [-0.25, -0.2) is 9.18 Å². The van der Waals surface area contributed by atoms with Crippen molar-refractivity contribution in [2.24, 2.45) is 7.05 Å². The van der Waals surface area contributed by atoms with E-state index in [2.05, 4.69) is 4.90 Å². The maximum atomic E-state index is 13.6. The molecule has 0 amide bonds. The van der Waals surface area contributed by atoms with Crippen LogP contribution in [-0.2, 0) is 13.6 Å². The van der Waals surface area contributed by atoms with Crippen LogP contribution in [-0.4, -0.2) is 38.7 Å². The summed E-state index contributed by atoms with van der Waals surface area (Å²) in [6.07, 6.45) is 2.23. The van der Waals surface area contributed by atoms with Gasteiger partial charge in [0.2, 0.25) is 0 Å². The van der Waals surface area contributed by atoms with Crippen LogP contribution in [0.5, 0.6) is 5.75 Å². The molecule has 3 rings (SSSR count). The molecule has 2 N–H and O–H groups in total. The van der Waals surface area contributed by atoms with Gasteiger partial charge in [0.15, 0.2) is 11.6 Å². The van der Waals surface area contributed by atoms with Gasteiger partial charge in [-0.05, 0) is 32.0 Å². The molecule has 0 radical (unpaired) electrons. The molecule has 0 unspecified atom stereocenters. The highest BCUT2D eigenvalue weighted by Gasteiger charge is 2.24. The SMILES string of the molecule is Cn1c(CN2CCCC2)c(C(=O)O)c2cc(O)c(F)cc21. The first-order chi connectivity index (χ1) is 9.99. The number of phenolic OH excluding ortho intramolecular Hbond substituents is 1. The van der Waals surface area contributed by atoms with Gasteiger partial charge < -0.3 is 14.8 Å². The minimum atomic E-state index is -1.05. The second kappa shape index (κ2) is 5.04. The summed E-state index contributed by atoms with van der Waals surface area (Å²) < 4.78 is 15.3. The van der Waals surface area contributed by atoms with E-state index in [-0.39, 0.29) is 5.56 Å². The highest BCUT2D eigenvalue weighted by atomic mass is 19.1. The third-order valence-corrected chi connectivity index (χ3v) is 4.18. The zero-order chi connectivity index (χ0) is 15.1. The lowest BCUT2D eigenvalue weighted by Crippen LogP contribution is -2.21. The molecule has 0 aliphatic carbocycles. The number of hydrogen-bond donors (Lipinski definition) is 2. The van der Waals surface area contributed by atoms with Crippen LogP contribution in [0.4, 0.5) is 4.39 Å². The number of hydrogen-bond acceptors (Lipinski definition) is 3. The van der Waals surface area contributed by atoms with Crippen LogP contribution in [0.2, 0.25) is 0 Å². The molecular weight excluding hydrogens is 275 g/mol. The summed E-state index contributed by atoms with van der Waals surface area (Å²) in [6, 6.07) is 2.38. The van der Waals surface area contributed by atoms with Gasteiger partial charge in [0.1, 0.15) is 0 Å². The van der Waals surface area contributed by atoms with Crippen molar-refractivity contribution in [2.75, 3.05) is 13.1 Å². The molecule has 0 saturated carbocycles. The van der Waals surface area contributed by atoms with E-state index in [1.165, 1.54) is 12.1 Å². The molecule has 0 atom stereocenters. The smallest absolute Gasteiger partial charge is 0.338 e. The van der Waals surface area contributed by atoms with Crippen molar-refractivity contribution in [2.45, 2.75) is 19.4 Å². The second-order valence-electron chi connectivity index (χ2n) is 5.49. The molecule has 1 aromatic carbocycles. The van der Waals surface area contributed by atoms with Crippen LogP contribution in [0.3, 0.4) is 0 Å². The van der Waals surface area contributed by atoms with Crippen molar-refractivity contribution in [3.63, 3.8) is 0 Å². The molecule has 1 saturated heterocycles. The third kappa shape index (κ3) is 2.25. The number of aromatic nitrogens is 1. The second-order valence-corrected chi connectivity index (χ2v) is 5.49. The molecule has 112 valence electrons. The lowest BCUT2D eigenvalue weighted by molar-refractivity contribution is 0.0696. The quantitative estimate of drug-likeness (QED) is 0.911. The number of halogens is 1. The molecule has 0 spiro atoms. The Hall–Kier alpha value is -2.08. The monoisotopic (exact) mass is 292 g/mol. The van der Waals surface area contributed by atoms with Gasteiger partial charge in [0.05, 0.1) is 11.1 Å². The van der Waals surface area contributed by atoms with Crippen LogP contribution in [0.15, 0.2) is 12.1 Å². The number of carboxylic acids is 1. The molecule has 2 aromatic rings. The normalized spacial score (nSPS) is 15.9. The molecule has 1 aliphatic heterocycles. The number of aryl methyl sites for hydroxylation is 1. The van der Waals surface area contributed by atoms with Gasteiger partial charge in [-0.3, -0.25) is 4.90 Å². The number of rotatable bonds is 3. The highest BCUT2D eigenvalue weighted by Crippen LogP contribution is 2.31. The minimum absolute atomic E-state index is 0.148. The van der Waals surface area contributed by atoms with Crippen molar-refractivity contribution in [1.82, 2.24) is 9.47 Å². The zero-order valence-corrected chi connectivity index (χ0v) is 11.8. The lowest BCUT2D eigenvalue weighted by Gasteiger charge is -2.16. The predicted octanol–water partition coefficient (Wildman–Crippen LogP) is 2.32. The minimum Gasteiger partial charge on any atom is -0.505 e. The van der Waals surface area contributed by atoms with E-state index in [0.717, 1.165) is 25.9 Å². The molecular formula is C15H17FN2O3. The number of carbonyl (C=O) groups is 1. The number of likely N-dealkylation sites (tertiary alicyclic amines) is 1. The summed E-state index contributed by atoms with van der Waals surface area (Å²) in [4.78, 5) is 13.8. The summed E-state index contributed by atoms with van der Waals surface area (Å²) in [5.41, 5.74) is 1.27. The van der Waals surface area contributed by atoms with E-state index in [0.29, 0.717) is 23.1 Å². The van der Waals surface area contributed by atoms with Gasteiger partial charge in [0.25, 0.3) is 0 Å². The Morgan fingerprint density at radius 2 is 2.00 bits per heavy atom. The maximum absolute atomic E-state index is 13.6. The first kappa shape index (κ1) is 13.9. The first-order valence-corrected chi connectivity index (χ1v) is 6.94. The first-order valence-electron chi connectivity index (χ1n) is 6.94. The number of nitrogens with zero attached hydrogens (tertiary/aromatic N) is 2. The lowest BCUT2D eigenvalue weighted by atomic mass is 10.1. The average Bonchev–Trinajstić information content (AvgIpc) is 3.01. The van der Waals surface area contributed by atoms with E-state index < -0.39 is 17.5 Å². The third-order valence-electron chi connectivity index (χ3n) is 4.18. The number of aromatic carboxylic acids is 1. The van der Waals surface area contributed by atoms with E-state index in [9.17, 15) is 19.4 Å². The Labute approximate surface area is 121 Å². The number of aromatic hydroxyl groups is 1. The van der Waals surface area contributed by atoms with Crippen LogP contribution < -0.4 is 0 Å². The van der Waals surface area contributed by atoms with E-state index >= 15 is 0 Å². The summed E-state index contributed by atoms with van der Waals surface area (Å²) in [7, 11) is 1.73. The van der Waals surface area contributed by atoms with Gasteiger partial charge in [-0.1, -0.05) is 0 Å². The Bertz CT molecular complexity index is 718. The molecule has 6 heteroatoms. The van der Waals surface area contributed by atoms with Crippen molar-refractivity contribution in [3.8, 4) is 5.75 Å². The zero-order valence-electron chi connectivity index (χ0n) is 11.8. The molecule has 2 heterocycles. The molecule has 5 nitrogen and oxygen atoms in total. The molecule has 0 bridgehead atoms. The Morgan fingerprint density at radius 3 is 2.62 bits per heavy atom. The van der Waals surface area contributed by atoms with Crippen molar-refractivity contribution < 1.29 is 19.4 Å². The Balaban J connectivity index is 2.19. The molecule has 1 fully saturated rings. The number of benzene rings is 1. The van der Waals surface area contributed by atoms with Crippen LogP contribution in [0.1, 0.15) is 28.9 Å². The standard InChI is InChI=1S/C15H17FN2O3/c1-17-11-7-10(16)13(19)6-9(11)14(15(20)21)12(17)8-18-4-2-3-5-18/h6-7,19H,2-5,8H2,1H3,(H,20,21). The molecule has 1 aromatic heterocycles. The van der Waals surface area contributed by atoms with Gasteiger partial charge in [0, 0.05) is 30.7 Å². The van der Waals surface area contributed by atoms with Crippen molar-refractivity contribution >= 4 is 16.9 Å². The van der Waals surface area contributed by atoms with Crippen LogP contribution in [0.25, 0.3) is 10.9 Å². The number of carboxylic acid groups (broad SMARTS) is 1. The maximum Gasteiger partial charge on any atom is 0.338 e. The van der Waals surface area contributed by atoms with Gasteiger partial charge in [-0.15, -0.1) is 0 Å². The Morgan fingerprint density at radius 1 is 1.33 bits per heavy atom. The van der Waals surface area contributed by atoms with E-state index in [1.807, 2.05) is 0 Å². The summed E-state index contributed by atoms with van der Waals surface area (Å²) >= 11 is 0. The molecule has 21 heavy (non-hydrogen) atoms. The average molecular weight is 292 g/mol. The fourth-order valence-electron chi connectivity index (χ4n) is 3.07. The topological polar surface area (TPSA) is 65.7 Å². The fourth-order valence-corrected chi connectivity index (χ4v) is 3.07. The van der Waals surface area contributed by atoms with Crippen LogP contribution >= 0.6 is 0 Å². The molecule has 1 aliphatic rings. The largest absolute Gasteiger partial charge is 0.505 e. The van der Waals surface area contributed by atoms with Gasteiger partial charge >= 0.3 is 5.97 Å². The summed E-state index contributed by atoms with van der Waals surface area (Å²) in [5, 5.41) is 19.4.